The maximum atomic E-state index is 11.0. The zero-order valence-electron chi connectivity index (χ0n) is 9.46. The lowest BCUT2D eigenvalue weighted by Crippen LogP contribution is -2.15. The molecule has 0 bridgehead atoms. The maximum Gasteiger partial charge on any atom is 0.330 e. The van der Waals surface area contributed by atoms with Crippen LogP contribution in [0.3, 0.4) is 0 Å². The van der Waals surface area contributed by atoms with Gasteiger partial charge in [-0.1, -0.05) is 0 Å². The molecule has 18 heavy (non-hydrogen) atoms. The second-order valence-corrected chi connectivity index (χ2v) is 5.32. The van der Waals surface area contributed by atoms with Crippen LogP contribution in [0.4, 0.5) is 5.82 Å². The molecule has 9 nitrogen and oxygen atoms in total. The van der Waals surface area contributed by atoms with Crippen molar-refractivity contribution in [2.45, 2.75) is 6.23 Å². The van der Waals surface area contributed by atoms with Crippen molar-refractivity contribution >= 4 is 24.6 Å². The molecule has 2 aromatic rings. The van der Waals surface area contributed by atoms with Gasteiger partial charge in [-0.15, -0.1) is 0 Å². The lowest BCUT2D eigenvalue weighted by Gasteiger charge is -2.17. The van der Waals surface area contributed by atoms with Gasteiger partial charge in [-0.3, -0.25) is 9.13 Å². The van der Waals surface area contributed by atoms with E-state index in [0.717, 1.165) is 0 Å². The maximum absolute atomic E-state index is 11.0. The first-order valence-corrected chi connectivity index (χ1v) is 6.72. The van der Waals surface area contributed by atoms with Gasteiger partial charge in [-0.2, -0.15) is 0 Å². The van der Waals surface area contributed by atoms with Gasteiger partial charge in [0.25, 0.3) is 0 Å². The fourth-order valence-electron chi connectivity index (χ4n) is 1.56. The molecule has 0 aliphatic heterocycles. The Morgan fingerprint density at radius 1 is 1.50 bits per heavy atom. The summed E-state index contributed by atoms with van der Waals surface area (Å²) in [7, 11) is -2.87. The van der Waals surface area contributed by atoms with E-state index in [1.165, 1.54) is 24.3 Å². The molecule has 0 fully saturated rings. The predicted octanol–water partition coefficient (Wildman–Crippen LogP) is -0.269. The van der Waals surface area contributed by atoms with E-state index in [1.807, 2.05) is 0 Å². The Morgan fingerprint density at radius 3 is 2.83 bits per heavy atom. The molecule has 10 heteroatoms. The summed E-state index contributed by atoms with van der Waals surface area (Å²) in [4.78, 5) is 29.7. The minimum Gasteiger partial charge on any atom is -0.382 e. The van der Waals surface area contributed by atoms with Crippen LogP contribution in [0.25, 0.3) is 11.2 Å². The van der Waals surface area contributed by atoms with Crippen LogP contribution < -0.4 is 5.73 Å². The van der Waals surface area contributed by atoms with Crippen molar-refractivity contribution in [2.75, 3.05) is 19.0 Å². The topological polar surface area (TPSA) is 136 Å². The van der Waals surface area contributed by atoms with Crippen LogP contribution in [-0.2, 0) is 9.30 Å². The van der Waals surface area contributed by atoms with Crippen LogP contribution in [0.2, 0.25) is 0 Å². The summed E-state index contributed by atoms with van der Waals surface area (Å²) in [6.45, 7) is 0. The van der Waals surface area contributed by atoms with Crippen LogP contribution in [-0.4, -0.2) is 42.6 Å². The van der Waals surface area contributed by atoms with E-state index in [9.17, 15) is 4.57 Å². The molecule has 1 unspecified atom stereocenters. The van der Waals surface area contributed by atoms with Crippen LogP contribution >= 0.6 is 7.60 Å². The third-order valence-electron chi connectivity index (χ3n) is 2.36. The molecule has 2 aromatic heterocycles. The zero-order valence-corrected chi connectivity index (χ0v) is 10.4. The molecule has 2 rings (SSSR count). The minimum absolute atomic E-state index is 0.199. The van der Waals surface area contributed by atoms with Gasteiger partial charge in [0.15, 0.2) is 11.5 Å². The van der Waals surface area contributed by atoms with Crippen molar-refractivity contribution < 1.29 is 19.1 Å². The van der Waals surface area contributed by atoms with Crippen molar-refractivity contribution in [3.05, 3.63) is 12.7 Å². The number of ether oxygens (including phenoxy) is 1. The van der Waals surface area contributed by atoms with Gasteiger partial charge in [0.2, 0.25) is 0 Å². The van der Waals surface area contributed by atoms with Gasteiger partial charge in [-0.25, -0.2) is 15.0 Å². The van der Waals surface area contributed by atoms with Gasteiger partial charge < -0.3 is 20.3 Å². The highest BCUT2D eigenvalue weighted by Crippen LogP contribution is 2.39. The molecule has 0 spiro atoms. The summed E-state index contributed by atoms with van der Waals surface area (Å²) >= 11 is 0. The second kappa shape index (κ2) is 4.62. The molecule has 0 aliphatic carbocycles. The molecular formula is C8H12N5O4P. The second-order valence-electron chi connectivity index (χ2n) is 3.62. The fourth-order valence-corrected chi connectivity index (χ4v) is 2.29. The molecule has 2 heterocycles. The average molecular weight is 273 g/mol. The van der Waals surface area contributed by atoms with Crippen LogP contribution in [0.15, 0.2) is 12.7 Å². The van der Waals surface area contributed by atoms with E-state index in [1.54, 1.807) is 0 Å². The van der Waals surface area contributed by atoms with Crippen LogP contribution in [0.5, 0.6) is 0 Å². The zero-order chi connectivity index (χ0) is 13.3. The molecule has 98 valence electrons. The molecule has 4 N–H and O–H groups in total. The quantitative estimate of drug-likeness (QED) is 0.647. The van der Waals surface area contributed by atoms with E-state index in [-0.39, 0.29) is 5.82 Å². The number of aromatic nitrogens is 4. The Balaban J connectivity index is 2.46. The van der Waals surface area contributed by atoms with E-state index in [2.05, 4.69) is 15.0 Å². The summed E-state index contributed by atoms with van der Waals surface area (Å²) in [5.74, 6) is 0.199. The first-order chi connectivity index (χ1) is 8.42. The number of fused-ring (bicyclic) bond motifs is 1. The number of nitrogen functional groups attached to an aromatic ring is 1. The number of anilines is 1. The van der Waals surface area contributed by atoms with Crippen molar-refractivity contribution in [1.29, 1.82) is 0 Å². The average Bonchev–Trinajstić information content (AvgIpc) is 2.70. The molecule has 0 aliphatic rings. The van der Waals surface area contributed by atoms with E-state index < -0.39 is 20.0 Å². The molecule has 0 saturated heterocycles. The Bertz CT molecular complexity index is 609. The number of hydrogen-bond acceptors (Lipinski definition) is 6. The normalized spacial score (nSPS) is 13.9. The van der Waals surface area contributed by atoms with Crippen molar-refractivity contribution in [1.82, 2.24) is 19.5 Å². The van der Waals surface area contributed by atoms with E-state index in [0.29, 0.717) is 11.2 Å². The Labute approximate surface area is 102 Å². The first-order valence-electron chi connectivity index (χ1n) is 4.93. The summed E-state index contributed by atoms with van der Waals surface area (Å²) in [6.07, 6.45) is 1.27. The number of methoxy groups -OCH3 is 1. The van der Waals surface area contributed by atoms with Crippen molar-refractivity contribution in [3.8, 4) is 0 Å². The summed E-state index contributed by atoms with van der Waals surface area (Å²) in [5, 5.41) is 0. The highest BCUT2D eigenvalue weighted by atomic mass is 31.2. The van der Waals surface area contributed by atoms with Crippen LogP contribution in [0, 0.1) is 0 Å². The molecule has 0 amide bonds. The lowest BCUT2D eigenvalue weighted by atomic mass is 10.5. The third kappa shape index (κ3) is 2.49. The van der Waals surface area contributed by atoms with Gasteiger partial charge in [-0.05, 0) is 0 Å². The van der Waals surface area contributed by atoms with Crippen molar-refractivity contribution in [3.63, 3.8) is 0 Å². The summed E-state index contributed by atoms with van der Waals surface area (Å²) in [5.41, 5.74) is 6.35. The fraction of sp³-hybridized carbons (Fsp3) is 0.375. The molecule has 1 atom stereocenters. The Hall–Kier alpha value is -1.54. The predicted molar refractivity (Wildman–Crippen MR) is 62.7 cm³/mol. The smallest absolute Gasteiger partial charge is 0.330 e. The molecule has 0 radical (unpaired) electrons. The number of hydrogen-bond donors (Lipinski definition) is 3. The number of nitrogens with zero attached hydrogens (tertiary/aromatic N) is 4. The molecule has 0 saturated carbocycles. The first kappa shape index (κ1) is 12.9. The summed E-state index contributed by atoms with van der Waals surface area (Å²) in [6, 6.07) is 0. The number of rotatable bonds is 4. The SMILES string of the molecule is COC(CP(=O)(O)O)n1cnc2c(N)ncnc21. The minimum atomic E-state index is -4.22. The lowest BCUT2D eigenvalue weighted by molar-refractivity contribution is 0.0618. The van der Waals surface area contributed by atoms with Crippen molar-refractivity contribution in [2.24, 2.45) is 0 Å². The summed E-state index contributed by atoms with van der Waals surface area (Å²) < 4.78 is 17.5. The third-order valence-corrected chi connectivity index (χ3v) is 3.15. The molecule has 0 aromatic carbocycles. The van der Waals surface area contributed by atoms with E-state index >= 15 is 0 Å². The van der Waals surface area contributed by atoms with Gasteiger partial charge in [0.05, 0.1) is 12.5 Å². The van der Waals surface area contributed by atoms with Gasteiger partial charge in [0, 0.05) is 7.11 Å². The number of imidazole rings is 1. The Morgan fingerprint density at radius 2 is 2.22 bits per heavy atom. The highest BCUT2D eigenvalue weighted by molar-refractivity contribution is 7.51. The number of nitrogens with two attached hydrogens (primary N) is 1. The Kier molecular flexibility index (Phi) is 3.31. The van der Waals surface area contributed by atoms with Gasteiger partial charge in [0.1, 0.15) is 18.1 Å². The van der Waals surface area contributed by atoms with Gasteiger partial charge >= 0.3 is 7.60 Å². The van der Waals surface area contributed by atoms with Crippen LogP contribution in [0.1, 0.15) is 6.23 Å². The molecular weight excluding hydrogens is 261 g/mol. The standard InChI is InChI=1S/C8H12N5O4P/c1-17-5(2-18(14,15)16)13-4-12-6-7(9)10-3-11-8(6)13/h3-5H,2H2,1H3,(H2,9,10,11)(H2,14,15,16). The monoisotopic (exact) mass is 273 g/mol. The largest absolute Gasteiger partial charge is 0.382 e. The highest BCUT2D eigenvalue weighted by Gasteiger charge is 2.24. The van der Waals surface area contributed by atoms with E-state index in [4.69, 9.17) is 20.3 Å².